The predicted molar refractivity (Wildman–Crippen MR) is 127 cm³/mol. The van der Waals surface area contributed by atoms with E-state index in [1.54, 1.807) is 42.5 Å². The number of nitrogens with one attached hydrogen (secondary N) is 1. The Morgan fingerprint density at radius 3 is 2.28 bits per heavy atom. The minimum Gasteiger partial charge on any atom is -0.495 e. The predicted octanol–water partition coefficient (Wildman–Crippen LogP) is 5.44. The lowest BCUT2D eigenvalue weighted by Crippen LogP contribution is -2.34. The molecular weight excluding hydrogens is 447 g/mol. The van der Waals surface area contributed by atoms with Crippen molar-refractivity contribution >= 4 is 46.3 Å². The van der Waals surface area contributed by atoms with Crippen LogP contribution in [0.5, 0.6) is 5.75 Å². The number of rotatable bonds is 7. The molecule has 0 unspecified atom stereocenters. The molecule has 5 nitrogen and oxygen atoms in total. The van der Waals surface area contributed by atoms with Crippen LogP contribution < -0.4 is 10.1 Å². The number of ether oxygens (including phenoxy) is 1. The highest BCUT2D eigenvalue weighted by Crippen LogP contribution is 2.33. The topological polar surface area (TPSA) is 58.6 Å². The van der Waals surface area contributed by atoms with Crippen LogP contribution in [-0.4, -0.2) is 30.4 Å². The normalized spacial score (nSPS) is 13.7. The first kappa shape index (κ1) is 21.9. The first-order valence-electron chi connectivity index (χ1n) is 9.99. The van der Waals surface area contributed by atoms with Crippen molar-refractivity contribution in [3.05, 3.63) is 99.7 Å². The van der Waals surface area contributed by atoms with E-state index in [0.717, 1.165) is 5.56 Å². The summed E-state index contributed by atoms with van der Waals surface area (Å²) >= 11 is 12.3. The van der Waals surface area contributed by atoms with Crippen molar-refractivity contribution in [2.24, 2.45) is 0 Å². The maximum Gasteiger partial charge on any atom is 0.278 e. The average Bonchev–Trinajstić information content (AvgIpc) is 3.03. The lowest BCUT2D eigenvalue weighted by molar-refractivity contribution is -0.136. The van der Waals surface area contributed by atoms with Crippen LogP contribution in [0.15, 0.2) is 78.5 Å². The molecule has 3 aromatic rings. The van der Waals surface area contributed by atoms with Gasteiger partial charge in [0.2, 0.25) is 0 Å². The summed E-state index contributed by atoms with van der Waals surface area (Å²) in [6, 6.07) is 21.7. The smallest absolute Gasteiger partial charge is 0.278 e. The summed E-state index contributed by atoms with van der Waals surface area (Å²) in [4.78, 5) is 27.9. The van der Waals surface area contributed by atoms with E-state index in [0.29, 0.717) is 39.0 Å². The highest BCUT2D eigenvalue weighted by molar-refractivity contribution is 6.37. The third-order valence-corrected chi connectivity index (χ3v) is 5.74. The Hall–Kier alpha value is -3.28. The van der Waals surface area contributed by atoms with E-state index in [-0.39, 0.29) is 24.1 Å². The molecule has 0 saturated carbocycles. The number of hydrogen-bond donors (Lipinski definition) is 1. The lowest BCUT2D eigenvalue weighted by atomic mass is 10.0. The van der Waals surface area contributed by atoms with Gasteiger partial charge in [0.25, 0.3) is 11.8 Å². The molecule has 162 valence electrons. The number of carbonyl (C=O) groups excluding carboxylic acids is 2. The van der Waals surface area contributed by atoms with Crippen LogP contribution in [0.2, 0.25) is 10.0 Å². The molecule has 2 amide bonds. The van der Waals surface area contributed by atoms with Crippen LogP contribution in [0.1, 0.15) is 11.1 Å². The van der Waals surface area contributed by atoms with Crippen molar-refractivity contribution < 1.29 is 14.3 Å². The number of benzene rings is 3. The largest absolute Gasteiger partial charge is 0.495 e. The van der Waals surface area contributed by atoms with E-state index in [2.05, 4.69) is 5.32 Å². The summed E-state index contributed by atoms with van der Waals surface area (Å²) in [5.41, 5.74) is 2.73. The minimum absolute atomic E-state index is 0.201. The Kier molecular flexibility index (Phi) is 6.49. The maximum atomic E-state index is 13.3. The van der Waals surface area contributed by atoms with E-state index in [4.69, 9.17) is 27.9 Å². The molecule has 4 rings (SSSR count). The van der Waals surface area contributed by atoms with Crippen LogP contribution in [-0.2, 0) is 16.0 Å². The molecule has 1 aliphatic heterocycles. The molecular formula is C25H20Cl2N2O3. The van der Waals surface area contributed by atoms with Crippen molar-refractivity contribution in [1.29, 1.82) is 0 Å². The number of amides is 2. The van der Waals surface area contributed by atoms with Gasteiger partial charge in [-0.3, -0.25) is 14.5 Å². The molecule has 1 N–H and O–H groups in total. The summed E-state index contributed by atoms with van der Waals surface area (Å²) in [6.07, 6.45) is 0.563. The molecule has 0 fully saturated rings. The van der Waals surface area contributed by atoms with Gasteiger partial charge in [0.1, 0.15) is 11.4 Å². The van der Waals surface area contributed by atoms with Crippen LogP contribution >= 0.6 is 23.2 Å². The molecule has 3 aromatic carbocycles. The summed E-state index contributed by atoms with van der Waals surface area (Å²) < 4.78 is 5.19. The summed E-state index contributed by atoms with van der Waals surface area (Å²) in [5.74, 6) is -0.222. The van der Waals surface area contributed by atoms with Crippen molar-refractivity contribution in [3.63, 3.8) is 0 Å². The monoisotopic (exact) mass is 466 g/mol. The Balaban J connectivity index is 1.67. The number of imide groups is 1. The molecule has 0 bridgehead atoms. The average molecular weight is 467 g/mol. The van der Waals surface area contributed by atoms with Gasteiger partial charge in [-0.25, -0.2) is 0 Å². The first-order chi connectivity index (χ1) is 15.5. The zero-order valence-electron chi connectivity index (χ0n) is 17.3. The van der Waals surface area contributed by atoms with Gasteiger partial charge in [-0.2, -0.15) is 0 Å². The van der Waals surface area contributed by atoms with E-state index in [1.165, 1.54) is 12.0 Å². The van der Waals surface area contributed by atoms with E-state index >= 15 is 0 Å². The van der Waals surface area contributed by atoms with Crippen LogP contribution in [0, 0.1) is 0 Å². The third-order valence-electron chi connectivity index (χ3n) is 5.19. The van der Waals surface area contributed by atoms with Gasteiger partial charge in [-0.15, -0.1) is 0 Å². The molecule has 0 spiro atoms. The maximum absolute atomic E-state index is 13.3. The number of carbonyl (C=O) groups is 2. The van der Waals surface area contributed by atoms with Gasteiger partial charge in [-0.05, 0) is 47.9 Å². The fourth-order valence-electron chi connectivity index (χ4n) is 3.55. The number of anilines is 1. The SMILES string of the molecule is COc1ccc(NC2=C(c3ccc(Cl)cc3)C(=O)N(CCc3ccccc3)C2=O)cc1Cl. The van der Waals surface area contributed by atoms with Crippen LogP contribution in [0.4, 0.5) is 5.69 Å². The first-order valence-corrected chi connectivity index (χ1v) is 10.7. The summed E-state index contributed by atoms with van der Waals surface area (Å²) in [7, 11) is 1.53. The van der Waals surface area contributed by atoms with Crippen molar-refractivity contribution in [1.82, 2.24) is 4.90 Å². The molecule has 1 heterocycles. The van der Waals surface area contributed by atoms with Gasteiger partial charge in [-0.1, -0.05) is 65.7 Å². The molecule has 0 radical (unpaired) electrons. The summed E-state index contributed by atoms with van der Waals surface area (Å²) in [6.45, 7) is 0.271. The van der Waals surface area contributed by atoms with Gasteiger partial charge < -0.3 is 10.1 Å². The second-order valence-corrected chi connectivity index (χ2v) is 8.07. The van der Waals surface area contributed by atoms with Crippen molar-refractivity contribution in [3.8, 4) is 5.75 Å². The molecule has 0 atom stereocenters. The third kappa shape index (κ3) is 4.49. The van der Waals surface area contributed by atoms with Crippen LogP contribution in [0.3, 0.4) is 0 Å². The number of hydrogen-bond acceptors (Lipinski definition) is 4. The zero-order valence-corrected chi connectivity index (χ0v) is 18.8. The number of methoxy groups -OCH3 is 1. The highest BCUT2D eigenvalue weighted by Gasteiger charge is 2.39. The fourth-order valence-corrected chi connectivity index (χ4v) is 3.94. The minimum atomic E-state index is -0.386. The Morgan fingerprint density at radius 1 is 0.906 bits per heavy atom. The molecule has 1 aliphatic rings. The Morgan fingerprint density at radius 2 is 1.62 bits per heavy atom. The van der Waals surface area contributed by atoms with Crippen molar-refractivity contribution in [2.75, 3.05) is 19.0 Å². The Labute approximate surface area is 196 Å². The van der Waals surface area contributed by atoms with Gasteiger partial charge in [0, 0.05) is 17.3 Å². The summed E-state index contributed by atoms with van der Waals surface area (Å²) in [5, 5.41) is 4.04. The molecule has 7 heteroatoms. The van der Waals surface area contributed by atoms with Crippen molar-refractivity contribution in [2.45, 2.75) is 6.42 Å². The fraction of sp³-hybridized carbons (Fsp3) is 0.120. The number of nitrogens with zero attached hydrogens (tertiary/aromatic N) is 1. The molecule has 0 aliphatic carbocycles. The van der Waals surface area contributed by atoms with E-state index in [1.807, 2.05) is 30.3 Å². The van der Waals surface area contributed by atoms with Gasteiger partial charge >= 0.3 is 0 Å². The van der Waals surface area contributed by atoms with Gasteiger partial charge in [0.05, 0.1) is 17.7 Å². The number of halogens is 2. The molecule has 0 saturated heterocycles. The zero-order chi connectivity index (χ0) is 22.7. The molecule has 32 heavy (non-hydrogen) atoms. The van der Waals surface area contributed by atoms with Crippen LogP contribution in [0.25, 0.3) is 5.57 Å². The second kappa shape index (κ2) is 9.47. The quantitative estimate of drug-likeness (QED) is 0.471. The standard InChI is InChI=1S/C25H20Cl2N2O3/c1-32-21-12-11-19(15-20(21)27)28-23-22(17-7-9-18(26)10-8-17)24(30)29(25(23)31)14-13-16-5-3-2-4-6-16/h2-12,15,28H,13-14H2,1H3. The van der Waals surface area contributed by atoms with E-state index in [9.17, 15) is 9.59 Å². The second-order valence-electron chi connectivity index (χ2n) is 7.23. The van der Waals surface area contributed by atoms with E-state index < -0.39 is 0 Å². The van der Waals surface area contributed by atoms with Gasteiger partial charge in [0.15, 0.2) is 0 Å². The highest BCUT2D eigenvalue weighted by atomic mass is 35.5. The molecule has 0 aromatic heterocycles. The Bertz CT molecular complexity index is 1190. The lowest BCUT2D eigenvalue weighted by Gasteiger charge is -2.15.